The summed E-state index contributed by atoms with van der Waals surface area (Å²) in [6, 6.07) is 6.74. The van der Waals surface area contributed by atoms with E-state index in [1.165, 1.54) is 12.1 Å². The third-order valence-corrected chi connectivity index (χ3v) is 3.57. The first-order valence-electron chi connectivity index (χ1n) is 7.49. The normalized spacial score (nSPS) is 12.6. The highest BCUT2D eigenvalue weighted by Crippen LogP contribution is 2.24. The average molecular weight is 355 g/mol. The van der Waals surface area contributed by atoms with Gasteiger partial charge in [-0.1, -0.05) is 37.3 Å². The molecule has 0 aliphatic heterocycles. The Labute approximate surface area is 141 Å². The standard InChI is InChI=1S/C17H16F3NO4/c1-2-12-11(16(23)24)9-13(25-12)15(22)21-14(17(18,19)20)8-10-6-4-3-5-7-10/h3-7,9,14H,2,8H2,1H3,(H,21,22)(H,23,24). The van der Waals surface area contributed by atoms with Crippen LogP contribution in [0.3, 0.4) is 0 Å². The second-order valence-corrected chi connectivity index (χ2v) is 5.36. The first-order chi connectivity index (χ1) is 11.7. The Morgan fingerprint density at radius 3 is 2.36 bits per heavy atom. The van der Waals surface area contributed by atoms with E-state index in [1.54, 1.807) is 25.1 Å². The maximum Gasteiger partial charge on any atom is 0.408 e. The Kier molecular flexibility index (Phi) is 5.51. The summed E-state index contributed by atoms with van der Waals surface area (Å²) >= 11 is 0. The minimum absolute atomic E-state index is 0.0317. The van der Waals surface area contributed by atoms with Gasteiger partial charge < -0.3 is 14.8 Å². The molecule has 0 spiro atoms. The van der Waals surface area contributed by atoms with Crippen LogP contribution >= 0.6 is 0 Å². The lowest BCUT2D eigenvalue weighted by atomic mass is 10.1. The maximum absolute atomic E-state index is 13.2. The van der Waals surface area contributed by atoms with Crippen molar-refractivity contribution >= 4 is 11.9 Å². The van der Waals surface area contributed by atoms with E-state index >= 15 is 0 Å². The van der Waals surface area contributed by atoms with Crippen LogP contribution in [0.2, 0.25) is 0 Å². The Morgan fingerprint density at radius 1 is 1.24 bits per heavy atom. The Morgan fingerprint density at radius 2 is 1.88 bits per heavy atom. The van der Waals surface area contributed by atoms with Gasteiger partial charge in [0, 0.05) is 18.9 Å². The van der Waals surface area contributed by atoms with Crippen molar-refractivity contribution < 1.29 is 32.3 Å². The molecule has 1 heterocycles. The number of halogens is 3. The third-order valence-electron chi connectivity index (χ3n) is 3.57. The van der Waals surface area contributed by atoms with Gasteiger partial charge in [-0.05, 0) is 5.56 Å². The predicted octanol–water partition coefficient (Wildman–Crippen LogP) is 3.44. The molecule has 0 fully saturated rings. The predicted molar refractivity (Wildman–Crippen MR) is 82.5 cm³/mol. The molecule has 1 aromatic heterocycles. The molecule has 8 heteroatoms. The third kappa shape index (κ3) is 4.62. The number of carboxylic acids is 1. The van der Waals surface area contributed by atoms with E-state index in [1.807, 2.05) is 5.32 Å². The summed E-state index contributed by atoms with van der Waals surface area (Å²) in [5.74, 6) is -2.85. The lowest BCUT2D eigenvalue weighted by Crippen LogP contribution is -2.46. The molecule has 2 aromatic rings. The van der Waals surface area contributed by atoms with Gasteiger partial charge in [0.1, 0.15) is 17.4 Å². The van der Waals surface area contributed by atoms with E-state index in [-0.39, 0.29) is 17.7 Å². The molecule has 134 valence electrons. The van der Waals surface area contributed by atoms with Crippen molar-refractivity contribution in [2.24, 2.45) is 0 Å². The summed E-state index contributed by atoms with van der Waals surface area (Å²) < 4.78 is 44.8. The zero-order valence-corrected chi connectivity index (χ0v) is 13.3. The van der Waals surface area contributed by atoms with Crippen molar-refractivity contribution in [2.75, 3.05) is 0 Å². The molecule has 2 N–H and O–H groups in total. The van der Waals surface area contributed by atoms with Crippen LogP contribution in [0.5, 0.6) is 0 Å². The molecule has 2 rings (SSSR count). The van der Waals surface area contributed by atoms with Gasteiger partial charge in [-0.2, -0.15) is 13.2 Å². The molecule has 0 aliphatic rings. The Hall–Kier alpha value is -2.77. The highest BCUT2D eigenvalue weighted by molar-refractivity contribution is 5.96. The van der Waals surface area contributed by atoms with Gasteiger partial charge in [0.05, 0.1) is 0 Å². The van der Waals surface area contributed by atoms with E-state index in [0.29, 0.717) is 5.56 Å². The molecule has 0 radical (unpaired) electrons. The molecule has 1 aromatic carbocycles. The van der Waals surface area contributed by atoms with E-state index < -0.39 is 36.3 Å². The molecule has 1 atom stereocenters. The van der Waals surface area contributed by atoms with Gasteiger partial charge in [-0.25, -0.2) is 4.79 Å². The number of benzene rings is 1. The van der Waals surface area contributed by atoms with E-state index in [9.17, 15) is 22.8 Å². The lowest BCUT2D eigenvalue weighted by Gasteiger charge is -2.21. The number of hydrogen-bond acceptors (Lipinski definition) is 3. The number of alkyl halides is 3. The Balaban J connectivity index is 2.21. The zero-order chi connectivity index (χ0) is 18.6. The fourth-order valence-electron chi connectivity index (χ4n) is 2.31. The van der Waals surface area contributed by atoms with E-state index in [4.69, 9.17) is 9.52 Å². The van der Waals surface area contributed by atoms with Gasteiger partial charge in [0.2, 0.25) is 0 Å². The molecule has 25 heavy (non-hydrogen) atoms. The minimum atomic E-state index is -4.67. The number of rotatable bonds is 6. The van der Waals surface area contributed by atoms with Gasteiger partial charge in [-0.15, -0.1) is 0 Å². The smallest absolute Gasteiger partial charge is 0.408 e. The van der Waals surface area contributed by atoms with Crippen molar-refractivity contribution in [1.82, 2.24) is 5.32 Å². The summed E-state index contributed by atoms with van der Waals surface area (Å²) in [6.45, 7) is 1.61. The number of amides is 1. The first kappa shape index (κ1) is 18.6. The monoisotopic (exact) mass is 355 g/mol. The molecule has 0 saturated carbocycles. The van der Waals surface area contributed by atoms with Crippen molar-refractivity contribution in [3.63, 3.8) is 0 Å². The number of aromatic carboxylic acids is 1. The molecular weight excluding hydrogens is 339 g/mol. The summed E-state index contributed by atoms with van der Waals surface area (Å²) in [6.07, 6.45) is -4.91. The molecule has 0 saturated heterocycles. The number of carbonyl (C=O) groups excluding carboxylic acids is 1. The van der Waals surface area contributed by atoms with Crippen LogP contribution in [0.4, 0.5) is 13.2 Å². The fraction of sp³-hybridized carbons (Fsp3) is 0.294. The Bertz CT molecular complexity index is 753. The molecule has 1 amide bonds. The summed E-state index contributed by atoms with van der Waals surface area (Å²) in [7, 11) is 0. The highest BCUT2D eigenvalue weighted by Gasteiger charge is 2.41. The number of carbonyl (C=O) groups is 2. The van der Waals surface area contributed by atoms with Crippen LogP contribution in [0.1, 0.15) is 39.2 Å². The average Bonchev–Trinajstić information content (AvgIpc) is 2.99. The van der Waals surface area contributed by atoms with Gasteiger partial charge in [0.25, 0.3) is 5.91 Å². The van der Waals surface area contributed by atoms with Crippen molar-refractivity contribution in [1.29, 1.82) is 0 Å². The van der Waals surface area contributed by atoms with Gasteiger partial charge in [-0.3, -0.25) is 4.79 Å². The number of aryl methyl sites for hydroxylation is 1. The van der Waals surface area contributed by atoms with Crippen molar-refractivity contribution in [3.8, 4) is 0 Å². The molecule has 0 aliphatic carbocycles. The first-order valence-corrected chi connectivity index (χ1v) is 7.49. The number of hydrogen-bond donors (Lipinski definition) is 2. The van der Waals surface area contributed by atoms with Crippen molar-refractivity contribution in [2.45, 2.75) is 32.0 Å². The number of carboxylic acid groups (broad SMARTS) is 1. The van der Waals surface area contributed by atoms with Crippen LogP contribution in [-0.4, -0.2) is 29.2 Å². The summed E-state index contributed by atoms with van der Waals surface area (Å²) in [4.78, 5) is 23.2. The summed E-state index contributed by atoms with van der Waals surface area (Å²) in [5.41, 5.74) is 0.171. The fourth-order valence-corrected chi connectivity index (χ4v) is 2.31. The minimum Gasteiger partial charge on any atom is -0.478 e. The molecular formula is C17H16F3NO4. The quantitative estimate of drug-likeness (QED) is 0.832. The van der Waals surface area contributed by atoms with Crippen LogP contribution in [0.15, 0.2) is 40.8 Å². The van der Waals surface area contributed by atoms with Crippen LogP contribution in [-0.2, 0) is 12.8 Å². The van der Waals surface area contributed by atoms with Crippen LogP contribution in [0, 0.1) is 0 Å². The van der Waals surface area contributed by atoms with E-state index in [2.05, 4.69) is 0 Å². The number of furan rings is 1. The number of nitrogens with one attached hydrogen (secondary N) is 1. The van der Waals surface area contributed by atoms with Crippen LogP contribution in [0.25, 0.3) is 0 Å². The molecule has 5 nitrogen and oxygen atoms in total. The maximum atomic E-state index is 13.2. The van der Waals surface area contributed by atoms with E-state index in [0.717, 1.165) is 6.07 Å². The second kappa shape index (κ2) is 7.42. The largest absolute Gasteiger partial charge is 0.478 e. The second-order valence-electron chi connectivity index (χ2n) is 5.36. The van der Waals surface area contributed by atoms with Gasteiger partial charge >= 0.3 is 12.1 Å². The molecule has 0 bridgehead atoms. The van der Waals surface area contributed by atoms with Crippen LogP contribution < -0.4 is 5.32 Å². The summed E-state index contributed by atoms with van der Waals surface area (Å²) in [5, 5.41) is 10.9. The van der Waals surface area contributed by atoms with Gasteiger partial charge in [0.15, 0.2) is 5.76 Å². The van der Waals surface area contributed by atoms with Crippen molar-refractivity contribution in [3.05, 3.63) is 59.0 Å². The highest BCUT2D eigenvalue weighted by atomic mass is 19.4. The topological polar surface area (TPSA) is 79.5 Å². The lowest BCUT2D eigenvalue weighted by molar-refractivity contribution is -0.153. The molecule has 1 unspecified atom stereocenters. The SMILES string of the molecule is CCc1oc(C(=O)NC(Cc2ccccc2)C(F)(F)F)cc1C(=O)O. The zero-order valence-electron chi connectivity index (χ0n) is 13.3.